The fraction of sp³-hybridized carbons (Fsp3) is 0.250. The quantitative estimate of drug-likeness (QED) is 0.581. The molecule has 1 aliphatic heterocycles. The summed E-state index contributed by atoms with van der Waals surface area (Å²) in [6.07, 6.45) is 0.0268. The van der Waals surface area contributed by atoms with Crippen LogP contribution in [0.3, 0.4) is 0 Å². The Morgan fingerprint density at radius 1 is 1.30 bits per heavy atom. The van der Waals surface area contributed by atoms with E-state index in [4.69, 9.17) is 11.6 Å². The molecule has 0 saturated carbocycles. The topological polar surface area (TPSA) is 112 Å². The van der Waals surface area contributed by atoms with E-state index in [2.05, 4.69) is 20.6 Å². The third kappa shape index (κ3) is 3.81. The molecule has 0 bridgehead atoms. The molecule has 1 atom stereocenters. The van der Waals surface area contributed by atoms with Crippen molar-refractivity contribution in [2.24, 2.45) is 0 Å². The fourth-order valence-electron chi connectivity index (χ4n) is 3.53. The molecule has 1 aromatic heterocycles. The number of aryl methyl sites for hydroxylation is 1. The summed E-state index contributed by atoms with van der Waals surface area (Å²) in [6.45, 7) is 0.183. The number of aromatic amines is 1. The lowest BCUT2D eigenvalue weighted by atomic mass is 9.92. The number of hydrogen-bond donors (Lipinski definition) is 2. The molecule has 1 amide bonds. The first-order valence-corrected chi connectivity index (χ1v) is 9.61. The first-order valence-electron chi connectivity index (χ1n) is 9.23. The van der Waals surface area contributed by atoms with Crippen molar-refractivity contribution in [3.63, 3.8) is 0 Å². The zero-order valence-corrected chi connectivity index (χ0v) is 16.4. The number of carbonyl (C=O) groups excluding carboxylic acids is 2. The molecule has 0 radical (unpaired) electrons. The molecule has 1 unspecified atom stereocenters. The number of nitrogens with zero attached hydrogens (tertiary/aromatic N) is 4. The smallest absolute Gasteiger partial charge is 0.266 e. The van der Waals surface area contributed by atoms with Crippen molar-refractivity contribution in [3.05, 3.63) is 58.9 Å². The van der Waals surface area contributed by atoms with Gasteiger partial charge < -0.3 is 10.0 Å². The van der Waals surface area contributed by atoms with Crippen LogP contribution in [0.1, 0.15) is 18.4 Å². The number of ketones is 1. The van der Waals surface area contributed by atoms with E-state index in [0.717, 1.165) is 0 Å². The predicted octanol–water partition coefficient (Wildman–Crippen LogP) is 2.33. The van der Waals surface area contributed by atoms with Gasteiger partial charge in [-0.1, -0.05) is 23.7 Å². The van der Waals surface area contributed by atoms with Gasteiger partial charge >= 0.3 is 0 Å². The molecule has 10 heteroatoms. The van der Waals surface area contributed by atoms with Crippen molar-refractivity contribution in [2.75, 3.05) is 11.4 Å². The summed E-state index contributed by atoms with van der Waals surface area (Å²) < 4.78 is 13.5. The van der Waals surface area contributed by atoms with E-state index in [0.29, 0.717) is 22.6 Å². The lowest BCUT2D eigenvalue weighted by molar-refractivity contribution is -0.147. The minimum atomic E-state index is -2.11. The molecule has 2 heterocycles. The minimum absolute atomic E-state index is 0.0268. The van der Waals surface area contributed by atoms with Crippen molar-refractivity contribution in [1.29, 1.82) is 0 Å². The predicted molar refractivity (Wildman–Crippen MR) is 106 cm³/mol. The maximum Gasteiger partial charge on any atom is 0.266 e. The number of aliphatic hydroxyl groups is 1. The summed E-state index contributed by atoms with van der Waals surface area (Å²) in [5.74, 6) is -1.43. The second kappa shape index (κ2) is 7.92. The number of amides is 1. The summed E-state index contributed by atoms with van der Waals surface area (Å²) in [4.78, 5) is 27.0. The highest BCUT2D eigenvalue weighted by molar-refractivity contribution is 6.30. The molecule has 3 aromatic rings. The summed E-state index contributed by atoms with van der Waals surface area (Å²) in [7, 11) is 0. The zero-order chi connectivity index (χ0) is 21.3. The van der Waals surface area contributed by atoms with Crippen molar-refractivity contribution in [2.45, 2.75) is 24.9 Å². The van der Waals surface area contributed by atoms with E-state index >= 15 is 0 Å². The van der Waals surface area contributed by atoms with Crippen molar-refractivity contribution in [1.82, 2.24) is 20.6 Å². The molecule has 2 aromatic carbocycles. The van der Waals surface area contributed by atoms with Gasteiger partial charge in [-0.05, 0) is 47.5 Å². The number of anilines is 1. The number of carbonyl (C=O) groups is 2. The molecule has 1 fully saturated rings. The van der Waals surface area contributed by atoms with Crippen molar-refractivity contribution < 1.29 is 19.1 Å². The Labute approximate surface area is 175 Å². The van der Waals surface area contributed by atoms with Crippen LogP contribution in [0.5, 0.6) is 0 Å². The van der Waals surface area contributed by atoms with Crippen molar-refractivity contribution in [3.8, 4) is 11.4 Å². The monoisotopic (exact) mass is 429 g/mol. The molecule has 8 nitrogen and oxygen atoms in total. The molecule has 154 valence electrons. The highest BCUT2D eigenvalue weighted by Gasteiger charge is 2.50. The van der Waals surface area contributed by atoms with Gasteiger partial charge in [0, 0.05) is 35.7 Å². The maximum absolute atomic E-state index is 13.5. The van der Waals surface area contributed by atoms with Crippen molar-refractivity contribution >= 4 is 29.0 Å². The Bertz CT molecular complexity index is 1090. The van der Waals surface area contributed by atoms with E-state index in [9.17, 15) is 19.1 Å². The van der Waals surface area contributed by atoms with Crippen LogP contribution in [0.15, 0.2) is 42.5 Å². The molecule has 1 aliphatic rings. The van der Waals surface area contributed by atoms with Gasteiger partial charge in [0.1, 0.15) is 5.82 Å². The van der Waals surface area contributed by atoms with Crippen LogP contribution in [0.25, 0.3) is 11.4 Å². The highest BCUT2D eigenvalue weighted by atomic mass is 35.5. The number of nitrogens with one attached hydrogen (secondary N) is 1. The van der Waals surface area contributed by atoms with Gasteiger partial charge in [-0.3, -0.25) is 9.59 Å². The Hall–Kier alpha value is -3.17. The Morgan fingerprint density at radius 3 is 2.87 bits per heavy atom. The first-order chi connectivity index (χ1) is 14.4. The number of rotatable bonds is 6. The molecular formula is C20H17ClFN5O3. The second-order valence-electron chi connectivity index (χ2n) is 7.05. The lowest BCUT2D eigenvalue weighted by Crippen LogP contribution is -2.47. The van der Waals surface area contributed by atoms with E-state index in [1.807, 2.05) is 0 Å². The first kappa shape index (κ1) is 20.1. The number of Topliss-reactive ketones (excluding diaryl/α,β-unsaturated/α-hetero) is 1. The van der Waals surface area contributed by atoms with Crippen LogP contribution in [0.4, 0.5) is 10.1 Å². The van der Waals surface area contributed by atoms with E-state index in [1.54, 1.807) is 30.3 Å². The Balaban J connectivity index is 1.49. The minimum Gasteiger partial charge on any atom is -0.373 e. The standard InChI is InChI=1S/C20H17ClFN5O3/c21-14-8-12(9-15(22)11-14)4-5-17(28)20(30)6-7-27(19(20)29)16-3-1-2-13(10-16)18-23-25-26-24-18/h1-3,8-11,30H,4-7H2,(H,23,24,25,26). The molecule has 0 aliphatic carbocycles. The van der Waals surface area contributed by atoms with Gasteiger partial charge in [-0.15, -0.1) is 10.2 Å². The number of hydrogen-bond acceptors (Lipinski definition) is 6. The van der Waals surface area contributed by atoms with Crippen LogP contribution in [-0.2, 0) is 16.0 Å². The SMILES string of the molecule is O=C(CCc1cc(F)cc(Cl)c1)C1(O)CCN(c2cccc(-c3nn[nH]n3)c2)C1=O. The number of aromatic nitrogens is 4. The van der Waals surface area contributed by atoms with E-state index < -0.39 is 23.1 Å². The van der Waals surface area contributed by atoms with Gasteiger partial charge in [0.15, 0.2) is 5.78 Å². The van der Waals surface area contributed by atoms with Gasteiger partial charge in [0.2, 0.25) is 11.4 Å². The van der Waals surface area contributed by atoms with E-state index in [-0.39, 0.29) is 30.8 Å². The zero-order valence-electron chi connectivity index (χ0n) is 15.7. The Kier molecular flexibility index (Phi) is 5.31. The van der Waals surface area contributed by atoms with Crippen LogP contribution < -0.4 is 4.90 Å². The molecule has 4 rings (SSSR count). The van der Waals surface area contributed by atoms with E-state index in [1.165, 1.54) is 17.0 Å². The number of H-pyrrole nitrogens is 1. The fourth-order valence-corrected chi connectivity index (χ4v) is 3.77. The maximum atomic E-state index is 13.5. The molecule has 30 heavy (non-hydrogen) atoms. The average molecular weight is 430 g/mol. The van der Waals surface area contributed by atoms with Gasteiger partial charge in [0.05, 0.1) is 0 Å². The van der Waals surface area contributed by atoms with Crippen LogP contribution in [0.2, 0.25) is 5.02 Å². The van der Waals surface area contributed by atoms with Gasteiger partial charge in [-0.2, -0.15) is 5.21 Å². The summed E-state index contributed by atoms with van der Waals surface area (Å²) >= 11 is 5.83. The van der Waals surface area contributed by atoms with Gasteiger partial charge in [-0.25, -0.2) is 4.39 Å². The normalized spacial score (nSPS) is 18.8. The van der Waals surface area contributed by atoms with Crippen LogP contribution in [-0.4, -0.2) is 49.6 Å². The van der Waals surface area contributed by atoms with Gasteiger partial charge in [0.25, 0.3) is 5.91 Å². The average Bonchev–Trinajstić information content (AvgIpc) is 3.35. The Morgan fingerprint density at radius 2 is 2.13 bits per heavy atom. The second-order valence-corrected chi connectivity index (χ2v) is 7.49. The number of tetrazole rings is 1. The molecule has 0 spiro atoms. The third-order valence-corrected chi connectivity index (χ3v) is 5.30. The molecule has 1 saturated heterocycles. The molecular weight excluding hydrogens is 413 g/mol. The summed E-state index contributed by atoms with van der Waals surface area (Å²) in [6, 6.07) is 10.9. The van der Waals surface area contributed by atoms with Crippen LogP contribution in [0, 0.1) is 5.82 Å². The van der Waals surface area contributed by atoms with Crippen LogP contribution >= 0.6 is 11.6 Å². The summed E-state index contributed by atoms with van der Waals surface area (Å²) in [5.41, 5.74) is -0.437. The number of benzene rings is 2. The highest BCUT2D eigenvalue weighted by Crippen LogP contribution is 2.32. The molecule has 2 N–H and O–H groups in total. The summed E-state index contributed by atoms with van der Waals surface area (Å²) in [5, 5.41) is 24.7. The lowest BCUT2D eigenvalue weighted by Gasteiger charge is -2.21. The number of halogens is 2. The largest absolute Gasteiger partial charge is 0.373 e. The third-order valence-electron chi connectivity index (χ3n) is 5.08.